The Hall–Kier alpha value is -2.63. The molecule has 2 amide bonds. The van der Waals surface area contributed by atoms with Gasteiger partial charge in [0.1, 0.15) is 5.69 Å². The van der Waals surface area contributed by atoms with E-state index in [1.54, 1.807) is 24.7 Å². The number of nitrogens with one attached hydrogen (secondary N) is 1. The number of carbonyl (C=O) groups excluding carboxylic acids is 2. The number of amides is 2. The first kappa shape index (κ1) is 15.9. The summed E-state index contributed by atoms with van der Waals surface area (Å²) in [5.41, 5.74) is 1.46. The molecule has 0 radical (unpaired) electrons. The number of likely N-dealkylation sites (tertiary alicyclic amines) is 2. The largest absolute Gasteiger partial charge is 0.357 e. The molecule has 2 aliphatic heterocycles. The van der Waals surface area contributed by atoms with E-state index in [0.717, 1.165) is 24.8 Å². The molecular formula is C19H22N4O2. The van der Waals surface area contributed by atoms with Gasteiger partial charge in [-0.15, -0.1) is 0 Å². The number of hydrogen-bond donors (Lipinski definition) is 1. The van der Waals surface area contributed by atoms with Crippen LogP contribution in [-0.4, -0.2) is 57.3 Å². The Labute approximate surface area is 146 Å². The van der Waals surface area contributed by atoms with Gasteiger partial charge in [0.2, 0.25) is 5.91 Å². The fourth-order valence-corrected chi connectivity index (χ4v) is 4.21. The number of pyridine rings is 1. The maximum Gasteiger partial charge on any atom is 0.270 e. The Balaban J connectivity index is 1.49. The summed E-state index contributed by atoms with van der Waals surface area (Å²) in [5.74, 6) is 0.0807. The zero-order valence-electron chi connectivity index (χ0n) is 14.3. The normalized spacial score (nSPS) is 22.6. The molecule has 25 heavy (non-hydrogen) atoms. The standard InChI is InChI=1S/C19H22N4O2/c1-22-17(24)15(14-4-2-8-20-13-14)12-19(22)6-10-23(11-7-19)18(25)16-5-3-9-21-16/h2-5,8-9,13,15,21H,6-7,10-12H2,1H3/t15-/m1/s1. The molecule has 2 aliphatic rings. The number of H-pyrrole nitrogens is 1. The lowest BCUT2D eigenvalue weighted by Gasteiger charge is -2.43. The highest BCUT2D eigenvalue weighted by Gasteiger charge is 2.50. The molecule has 2 fully saturated rings. The second-order valence-corrected chi connectivity index (χ2v) is 7.04. The van der Waals surface area contributed by atoms with Gasteiger partial charge in [-0.2, -0.15) is 0 Å². The summed E-state index contributed by atoms with van der Waals surface area (Å²) in [6.07, 6.45) is 7.72. The number of rotatable bonds is 2. The second-order valence-electron chi connectivity index (χ2n) is 7.04. The first-order valence-electron chi connectivity index (χ1n) is 8.71. The number of nitrogens with zero attached hydrogens (tertiary/aromatic N) is 3. The van der Waals surface area contributed by atoms with Crippen molar-refractivity contribution in [2.75, 3.05) is 20.1 Å². The Kier molecular flexibility index (Phi) is 3.82. The van der Waals surface area contributed by atoms with Crippen LogP contribution in [0.2, 0.25) is 0 Å². The van der Waals surface area contributed by atoms with Gasteiger partial charge in [-0.1, -0.05) is 6.07 Å². The molecule has 1 N–H and O–H groups in total. The van der Waals surface area contributed by atoms with E-state index in [0.29, 0.717) is 18.8 Å². The van der Waals surface area contributed by atoms with E-state index in [9.17, 15) is 9.59 Å². The fourth-order valence-electron chi connectivity index (χ4n) is 4.21. The van der Waals surface area contributed by atoms with Crippen molar-refractivity contribution >= 4 is 11.8 Å². The van der Waals surface area contributed by atoms with Gasteiger partial charge in [0.05, 0.1) is 5.92 Å². The van der Waals surface area contributed by atoms with Crippen LogP contribution < -0.4 is 0 Å². The molecule has 2 saturated heterocycles. The monoisotopic (exact) mass is 338 g/mol. The number of aromatic nitrogens is 2. The SMILES string of the molecule is CN1C(=O)[C@@H](c2cccnc2)CC12CCN(C(=O)c1ccc[nH]1)CC2. The summed E-state index contributed by atoms with van der Waals surface area (Å²) >= 11 is 0. The van der Waals surface area contributed by atoms with E-state index in [1.165, 1.54) is 0 Å². The summed E-state index contributed by atoms with van der Waals surface area (Å²) in [7, 11) is 1.90. The molecule has 6 heteroatoms. The van der Waals surface area contributed by atoms with E-state index < -0.39 is 0 Å². The first-order valence-corrected chi connectivity index (χ1v) is 8.71. The zero-order chi connectivity index (χ0) is 17.4. The molecule has 0 saturated carbocycles. The quantitative estimate of drug-likeness (QED) is 0.911. The second kappa shape index (κ2) is 6.02. The lowest BCUT2D eigenvalue weighted by atomic mass is 9.81. The van der Waals surface area contributed by atoms with Crippen molar-refractivity contribution < 1.29 is 9.59 Å². The van der Waals surface area contributed by atoms with E-state index in [-0.39, 0.29) is 23.3 Å². The van der Waals surface area contributed by atoms with Crippen molar-refractivity contribution in [1.82, 2.24) is 19.8 Å². The van der Waals surface area contributed by atoms with Crippen molar-refractivity contribution in [3.63, 3.8) is 0 Å². The molecule has 2 aromatic rings. The van der Waals surface area contributed by atoms with Crippen molar-refractivity contribution in [2.24, 2.45) is 0 Å². The summed E-state index contributed by atoms with van der Waals surface area (Å²) in [4.78, 5) is 36.2. The van der Waals surface area contributed by atoms with Gasteiger partial charge < -0.3 is 14.8 Å². The predicted molar refractivity (Wildman–Crippen MR) is 93.0 cm³/mol. The van der Waals surface area contributed by atoms with Crippen LogP contribution in [-0.2, 0) is 4.79 Å². The molecule has 4 heterocycles. The third-order valence-electron chi connectivity index (χ3n) is 5.82. The molecule has 0 aromatic carbocycles. The van der Waals surface area contributed by atoms with Crippen LogP contribution in [0.5, 0.6) is 0 Å². The maximum atomic E-state index is 12.8. The minimum atomic E-state index is -0.149. The Bertz CT molecular complexity index is 764. The van der Waals surface area contributed by atoms with Gasteiger partial charge in [0.25, 0.3) is 5.91 Å². The van der Waals surface area contributed by atoms with Gasteiger partial charge in [0.15, 0.2) is 0 Å². The molecule has 1 atom stereocenters. The number of aromatic amines is 1. The molecule has 2 aromatic heterocycles. The average Bonchev–Trinajstić information content (AvgIpc) is 3.27. The molecule has 0 unspecified atom stereocenters. The summed E-state index contributed by atoms with van der Waals surface area (Å²) in [6, 6.07) is 7.49. The number of piperidine rings is 1. The first-order chi connectivity index (χ1) is 12.1. The van der Waals surface area contributed by atoms with E-state index >= 15 is 0 Å². The van der Waals surface area contributed by atoms with Crippen LogP contribution in [0, 0.1) is 0 Å². The van der Waals surface area contributed by atoms with Gasteiger partial charge in [0, 0.05) is 44.3 Å². The molecule has 0 bridgehead atoms. The molecule has 0 aliphatic carbocycles. The van der Waals surface area contributed by atoms with Crippen LogP contribution in [0.4, 0.5) is 0 Å². The molecule has 130 valence electrons. The highest BCUT2D eigenvalue weighted by molar-refractivity contribution is 5.92. The van der Waals surface area contributed by atoms with Crippen molar-refractivity contribution in [1.29, 1.82) is 0 Å². The van der Waals surface area contributed by atoms with Crippen LogP contribution in [0.25, 0.3) is 0 Å². The van der Waals surface area contributed by atoms with Gasteiger partial charge in [-0.05, 0) is 43.0 Å². The minimum absolute atomic E-state index is 0.0376. The van der Waals surface area contributed by atoms with Gasteiger partial charge >= 0.3 is 0 Å². The van der Waals surface area contributed by atoms with Gasteiger partial charge in [-0.25, -0.2) is 0 Å². The number of hydrogen-bond acceptors (Lipinski definition) is 3. The number of carbonyl (C=O) groups is 2. The number of likely N-dealkylation sites (N-methyl/N-ethyl adjacent to an activating group) is 1. The Morgan fingerprint density at radius 1 is 1.28 bits per heavy atom. The Morgan fingerprint density at radius 3 is 2.72 bits per heavy atom. The highest BCUT2D eigenvalue weighted by atomic mass is 16.2. The lowest BCUT2D eigenvalue weighted by Crippen LogP contribution is -2.52. The molecule has 6 nitrogen and oxygen atoms in total. The van der Waals surface area contributed by atoms with Crippen LogP contribution in [0.3, 0.4) is 0 Å². The van der Waals surface area contributed by atoms with Crippen LogP contribution in [0.15, 0.2) is 42.9 Å². The van der Waals surface area contributed by atoms with Crippen LogP contribution >= 0.6 is 0 Å². The predicted octanol–water partition coefficient (Wildman–Crippen LogP) is 2.03. The van der Waals surface area contributed by atoms with E-state index in [2.05, 4.69) is 9.97 Å². The summed E-state index contributed by atoms with van der Waals surface area (Å²) in [5, 5.41) is 0. The lowest BCUT2D eigenvalue weighted by molar-refractivity contribution is -0.131. The maximum absolute atomic E-state index is 12.8. The van der Waals surface area contributed by atoms with Crippen LogP contribution in [0.1, 0.15) is 41.2 Å². The molecule has 4 rings (SSSR count). The van der Waals surface area contributed by atoms with Crippen molar-refractivity contribution in [3.8, 4) is 0 Å². The topological polar surface area (TPSA) is 69.3 Å². The smallest absolute Gasteiger partial charge is 0.270 e. The van der Waals surface area contributed by atoms with Crippen molar-refractivity contribution in [3.05, 3.63) is 54.1 Å². The summed E-state index contributed by atoms with van der Waals surface area (Å²) < 4.78 is 0. The van der Waals surface area contributed by atoms with E-state index in [4.69, 9.17) is 0 Å². The van der Waals surface area contributed by atoms with E-state index in [1.807, 2.05) is 35.0 Å². The Morgan fingerprint density at radius 2 is 2.08 bits per heavy atom. The average molecular weight is 338 g/mol. The summed E-state index contributed by atoms with van der Waals surface area (Å²) in [6.45, 7) is 1.35. The van der Waals surface area contributed by atoms with Gasteiger partial charge in [-0.3, -0.25) is 14.6 Å². The highest BCUT2D eigenvalue weighted by Crippen LogP contribution is 2.44. The third kappa shape index (κ3) is 2.62. The third-order valence-corrected chi connectivity index (χ3v) is 5.82. The molecular weight excluding hydrogens is 316 g/mol. The minimum Gasteiger partial charge on any atom is -0.357 e. The fraction of sp³-hybridized carbons (Fsp3) is 0.421. The zero-order valence-corrected chi connectivity index (χ0v) is 14.3. The molecule has 1 spiro atoms. The van der Waals surface area contributed by atoms with Crippen molar-refractivity contribution in [2.45, 2.75) is 30.7 Å².